The molecule has 0 saturated carbocycles. The first-order valence-electron chi connectivity index (χ1n) is 8.00. The van der Waals surface area contributed by atoms with E-state index in [-0.39, 0.29) is 28.1 Å². The molecule has 0 aliphatic heterocycles. The fraction of sp³-hybridized carbons (Fsp3) is 0.222. The van der Waals surface area contributed by atoms with E-state index in [1.807, 2.05) is 0 Å². The molecule has 0 atom stereocenters. The normalized spacial score (nSPS) is 12.4. The van der Waals surface area contributed by atoms with Crippen molar-refractivity contribution in [2.75, 3.05) is 5.75 Å². The topological polar surface area (TPSA) is 69.0 Å². The molecule has 0 aliphatic rings. The summed E-state index contributed by atoms with van der Waals surface area (Å²) in [6.45, 7) is 1.60. The van der Waals surface area contributed by atoms with Gasteiger partial charge in [0.05, 0.1) is 40.0 Å². The van der Waals surface area contributed by atoms with E-state index in [1.54, 1.807) is 19.1 Å². The molecule has 2 aromatic carbocycles. The lowest BCUT2D eigenvalue weighted by molar-refractivity contribution is -0.137. The van der Waals surface area contributed by atoms with Crippen LogP contribution in [0.3, 0.4) is 0 Å². The number of fused-ring (bicyclic) bond motifs is 1. The molecule has 0 bridgehead atoms. The Labute approximate surface area is 153 Å². The molecule has 1 aromatic heterocycles. The summed E-state index contributed by atoms with van der Waals surface area (Å²) in [6, 6.07) is 8.83. The van der Waals surface area contributed by atoms with Crippen LogP contribution in [0.5, 0.6) is 0 Å². The van der Waals surface area contributed by atoms with Crippen molar-refractivity contribution in [2.24, 2.45) is 0 Å². The maximum Gasteiger partial charge on any atom is 0.416 e. The van der Waals surface area contributed by atoms with Gasteiger partial charge in [0.2, 0.25) is 0 Å². The smallest absolute Gasteiger partial charge is 0.294 e. The summed E-state index contributed by atoms with van der Waals surface area (Å²) in [5, 5.41) is -0.127. The summed E-state index contributed by atoms with van der Waals surface area (Å²) in [7, 11) is -3.33. The number of rotatable bonds is 4. The number of sulfone groups is 1. The van der Waals surface area contributed by atoms with Gasteiger partial charge in [0.15, 0.2) is 9.84 Å². The van der Waals surface area contributed by atoms with Crippen molar-refractivity contribution in [1.82, 2.24) is 9.55 Å². The predicted octanol–water partition coefficient (Wildman–Crippen LogP) is 3.26. The van der Waals surface area contributed by atoms with Crippen LogP contribution in [-0.4, -0.2) is 23.7 Å². The van der Waals surface area contributed by atoms with Crippen LogP contribution >= 0.6 is 0 Å². The van der Waals surface area contributed by atoms with E-state index in [4.69, 9.17) is 0 Å². The first kappa shape index (κ1) is 19.1. The first-order chi connectivity index (χ1) is 12.6. The van der Waals surface area contributed by atoms with Gasteiger partial charge in [-0.25, -0.2) is 13.4 Å². The second-order valence-corrected chi connectivity index (χ2v) is 8.23. The summed E-state index contributed by atoms with van der Waals surface area (Å²) in [5.74, 6) is -0.0259. The van der Waals surface area contributed by atoms with Crippen molar-refractivity contribution in [3.63, 3.8) is 0 Å². The van der Waals surface area contributed by atoms with E-state index in [9.17, 15) is 26.4 Å². The van der Waals surface area contributed by atoms with E-state index in [1.165, 1.54) is 23.0 Å². The molecular formula is C18H15F3N2O3S. The minimum Gasteiger partial charge on any atom is -0.294 e. The highest BCUT2D eigenvalue weighted by Gasteiger charge is 2.30. The predicted molar refractivity (Wildman–Crippen MR) is 94.3 cm³/mol. The van der Waals surface area contributed by atoms with Crippen LogP contribution in [0, 0.1) is 0 Å². The van der Waals surface area contributed by atoms with Gasteiger partial charge in [-0.3, -0.25) is 9.36 Å². The molecule has 0 aliphatic carbocycles. The molecule has 1 heterocycles. The summed E-state index contributed by atoms with van der Waals surface area (Å²) in [4.78, 5) is 16.7. The molecule has 142 valence electrons. The van der Waals surface area contributed by atoms with Gasteiger partial charge in [0, 0.05) is 0 Å². The minimum atomic E-state index is -4.55. The van der Waals surface area contributed by atoms with Gasteiger partial charge >= 0.3 is 6.18 Å². The van der Waals surface area contributed by atoms with Gasteiger partial charge in [-0.1, -0.05) is 19.1 Å². The molecule has 0 fully saturated rings. The first-order valence-corrected chi connectivity index (χ1v) is 9.65. The fourth-order valence-electron chi connectivity index (χ4n) is 2.61. The third-order valence-corrected chi connectivity index (χ3v) is 5.92. The van der Waals surface area contributed by atoms with Crippen LogP contribution < -0.4 is 5.56 Å². The van der Waals surface area contributed by atoms with E-state index in [0.717, 1.165) is 18.2 Å². The zero-order valence-electron chi connectivity index (χ0n) is 14.2. The Morgan fingerprint density at radius 3 is 2.33 bits per heavy atom. The van der Waals surface area contributed by atoms with Gasteiger partial charge in [-0.15, -0.1) is 0 Å². The Kier molecular flexibility index (Phi) is 4.81. The van der Waals surface area contributed by atoms with Crippen molar-refractivity contribution in [2.45, 2.75) is 24.5 Å². The number of hydrogen-bond donors (Lipinski definition) is 0. The molecule has 3 rings (SSSR count). The maximum absolute atomic E-state index is 12.9. The van der Waals surface area contributed by atoms with Gasteiger partial charge < -0.3 is 0 Å². The molecule has 3 aromatic rings. The van der Waals surface area contributed by atoms with Crippen LogP contribution in [0.1, 0.15) is 18.1 Å². The second kappa shape index (κ2) is 6.80. The van der Waals surface area contributed by atoms with E-state index < -0.39 is 27.1 Å². The van der Waals surface area contributed by atoms with Gasteiger partial charge in [-0.05, 0) is 35.9 Å². The molecule has 0 saturated heterocycles. The number of halogens is 3. The number of alkyl halides is 3. The fourth-order valence-corrected chi connectivity index (χ4v) is 3.50. The Morgan fingerprint density at radius 1 is 1.07 bits per heavy atom. The van der Waals surface area contributed by atoms with E-state index in [0.29, 0.717) is 5.56 Å². The molecular weight excluding hydrogens is 381 g/mol. The zero-order chi connectivity index (χ0) is 19.8. The standard InChI is InChI=1S/C18H15F3N2O3S/c1-2-27(25,26)14-6-3-12(4-7-14)10-23-11-22-16-8-5-13(18(19,20)21)9-15(16)17(23)24/h3-9,11H,2,10H2,1H3. The highest BCUT2D eigenvalue weighted by Crippen LogP contribution is 2.30. The van der Waals surface area contributed by atoms with Crippen LogP contribution in [0.2, 0.25) is 0 Å². The molecule has 0 spiro atoms. The monoisotopic (exact) mass is 396 g/mol. The summed E-state index contributed by atoms with van der Waals surface area (Å²) < 4.78 is 63.5. The average molecular weight is 396 g/mol. The summed E-state index contributed by atoms with van der Waals surface area (Å²) >= 11 is 0. The quantitative estimate of drug-likeness (QED) is 0.679. The van der Waals surface area contributed by atoms with Crippen molar-refractivity contribution < 1.29 is 21.6 Å². The highest BCUT2D eigenvalue weighted by atomic mass is 32.2. The van der Waals surface area contributed by atoms with Crippen molar-refractivity contribution >= 4 is 20.7 Å². The lowest BCUT2D eigenvalue weighted by Gasteiger charge is -2.10. The van der Waals surface area contributed by atoms with Crippen LogP contribution in [0.4, 0.5) is 13.2 Å². The third kappa shape index (κ3) is 3.87. The van der Waals surface area contributed by atoms with Gasteiger partial charge in [0.25, 0.3) is 5.56 Å². The Balaban J connectivity index is 1.98. The number of benzene rings is 2. The summed E-state index contributed by atoms with van der Waals surface area (Å²) in [6.07, 6.45) is -3.30. The Bertz CT molecular complexity index is 1150. The lowest BCUT2D eigenvalue weighted by Crippen LogP contribution is -2.21. The van der Waals surface area contributed by atoms with Crippen LogP contribution in [0.15, 0.2) is 58.5 Å². The van der Waals surface area contributed by atoms with Gasteiger partial charge in [0.1, 0.15) is 0 Å². The Hall–Kier alpha value is -2.68. The zero-order valence-corrected chi connectivity index (χ0v) is 15.0. The van der Waals surface area contributed by atoms with Crippen LogP contribution in [0.25, 0.3) is 10.9 Å². The largest absolute Gasteiger partial charge is 0.416 e. The number of aromatic nitrogens is 2. The molecule has 27 heavy (non-hydrogen) atoms. The number of hydrogen-bond acceptors (Lipinski definition) is 4. The second-order valence-electron chi connectivity index (χ2n) is 5.95. The van der Waals surface area contributed by atoms with E-state index >= 15 is 0 Å². The molecule has 0 radical (unpaired) electrons. The molecule has 9 heteroatoms. The highest BCUT2D eigenvalue weighted by molar-refractivity contribution is 7.91. The lowest BCUT2D eigenvalue weighted by atomic mass is 10.1. The Morgan fingerprint density at radius 2 is 1.74 bits per heavy atom. The molecule has 0 N–H and O–H groups in total. The van der Waals surface area contributed by atoms with Crippen molar-refractivity contribution in [3.05, 3.63) is 70.3 Å². The van der Waals surface area contributed by atoms with E-state index in [2.05, 4.69) is 4.98 Å². The molecule has 0 unspecified atom stereocenters. The van der Waals surface area contributed by atoms with Crippen LogP contribution in [-0.2, 0) is 22.6 Å². The van der Waals surface area contributed by atoms with Crippen molar-refractivity contribution in [3.8, 4) is 0 Å². The maximum atomic E-state index is 12.9. The SMILES string of the molecule is CCS(=O)(=O)c1ccc(Cn2cnc3ccc(C(F)(F)F)cc3c2=O)cc1. The summed E-state index contributed by atoms with van der Waals surface area (Å²) in [5.41, 5.74) is -0.717. The molecule has 0 amide bonds. The third-order valence-electron chi connectivity index (χ3n) is 4.17. The van der Waals surface area contributed by atoms with Gasteiger partial charge in [-0.2, -0.15) is 13.2 Å². The van der Waals surface area contributed by atoms with Crippen molar-refractivity contribution in [1.29, 1.82) is 0 Å². The number of nitrogens with zero attached hydrogens (tertiary/aromatic N) is 2. The minimum absolute atomic E-state index is 0.0259. The molecule has 5 nitrogen and oxygen atoms in total. The average Bonchev–Trinajstić information content (AvgIpc) is 2.63.